The Kier molecular flexibility index (Phi) is 9.31. The molecular weight excluding hydrogens is 725 g/mol. The van der Waals surface area contributed by atoms with E-state index in [2.05, 4.69) is 78.9 Å². The molecule has 0 N–H and O–H groups in total. The molecule has 11 aliphatic carbocycles. The van der Waals surface area contributed by atoms with Crippen LogP contribution in [0.25, 0.3) is 0 Å². The molecule has 13 rings (SSSR count). The number of allylic oxidation sites excluding steroid dienone is 13. The molecule has 3 saturated carbocycles. The van der Waals surface area contributed by atoms with Crippen LogP contribution < -0.4 is 0 Å². The molecule has 16 atom stereocenters. The highest BCUT2D eigenvalue weighted by atomic mass is 16.5. The van der Waals surface area contributed by atoms with Crippen molar-refractivity contribution in [3.05, 3.63) is 130 Å². The minimum atomic E-state index is 0.239. The van der Waals surface area contributed by atoms with Crippen molar-refractivity contribution in [3.8, 4) is 0 Å². The van der Waals surface area contributed by atoms with Gasteiger partial charge in [-0.1, -0.05) is 126 Å². The monoisotopic (exact) mass is 797 g/mol. The summed E-state index contributed by atoms with van der Waals surface area (Å²) < 4.78 is 7.25. The van der Waals surface area contributed by atoms with Gasteiger partial charge in [-0.25, -0.2) is 0 Å². The van der Waals surface area contributed by atoms with E-state index in [0.29, 0.717) is 47.5 Å². The van der Waals surface area contributed by atoms with E-state index in [4.69, 9.17) is 11.3 Å². The summed E-state index contributed by atoms with van der Waals surface area (Å²) in [4.78, 5) is 0. The molecule has 1 saturated heterocycles. The van der Waals surface area contributed by atoms with Gasteiger partial charge in [-0.2, -0.15) is 0 Å². The van der Waals surface area contributed by atoms with E-state index >= 15 is 0 Å². The molecule has 0 bridgehead atoms. The number of fused-ring (bicyclic) bond motifs is 15. The van der Waals surface area contributed by atoms with Crippen molar-refractivity contribution < 1.29 is 4.74 Å². The maximum absolute atomic E-state index is 7.25. The van der Waals surface area contributed by atoms with Crippen molar-refractivity contribution in [1.82, 2.24) is 0 Å². The predicted molar refractivity (Wildman–Crippen MR) is 246 cm³/mol. The predicted octanol–water partition coefficient (Wildman–Crippen LogP) is 15.0. The van der Waals surface area contributed by atoms with Crippen molar-refractivity contribution in [2.75, 3.05) is 0 Å². The fraction of sp³-hybridized carbons (Fsp3) is 0.627. The fourth-order valence-electron chi connectivity index (χ4n) is 18.0. The standard InChI is InChI=1S/C59H72O/c1-36(41-27-30-46-48(33-41)44-17-7-8-18-45(44)49-35-50(46)49)57(40-25-23-38(24-26-40)37-13-3-2-4-14-37)42-28-31-47-54(34-42)59(53-32-29-39-15-5-6-16-43(39)58(47)53)51-19-9-11-21-55(51)60-56-22-12-10-20-52(56)59/h3,9,12-13,19,22-26,28,31,34,37,41,44-45,47,49-58H,1-2,4-8,10-11,14-18,20-21,27,29-30,32-33,35H2. The second-order valence-electron chi connectivity index (χ2n) is 22.6. The molecule has 1 aliphatic heterocycles. The van der Waals surface area contributed by atoms with Crippen LogP contribution in [0.3, 0.4) is 0 Å². The molecule has 1 nitrogen and oxygen atoms in total. The molecule has 60 heavy (non-hydrogen) atoms. The zero-order chi connectivity index (χ0) is 39.5. The van der Waals surface area contributed by atoms with Crippen LogP contribution >= 0.6 is 0 Å². The molecule has 0 aromatic heterocycles. The van der Waals surface area contributed by atoms with E-state index in [1.54, 1.807) is 5.57 Å². The zero-order valence-corrected chi connectivity index (χ0v) is 36.6. The molecule has 0 radical (unpaired) electrons. The van der Waals surface area contributed by atoms with Crippen molar-refractivity contribution in [2.45, 2.75) is 159 Å². The second kappa shape index (κ2) is 14.8. The van der Waals surface area contributed by atoms with E-state index in [0.717, 1.165) is 29.6 Å². The lowest BCUT2D eigenvalue weighted by molar-refractivity contribution is -0.193. The fourth-order valence-corrected chi connectivity index (χ4v) is 18.0. The van der Waals surface area contributed by atoms with Crippen molar-refractivity contribution in [1.29, 1.82) is 0 Å². The summed E-state index contributed by atoms with van der Waals surface area (Å²) in [6.45, 7) is 5.30. The Morgan fingerprint density at radius 3 is 2.45 bits per heavy atom. The maximum atomic E-state index is 7.25. The first-order valence-corrected chi connectivity index (χ1v) is 25.9. The lowest BCUT2D eigenvalue weighted by Gasteiger charge is -2.61. The number of rotatable bonds is 5. The third kappa shape index (κ3) is 5.71. The molecule has 1 heterocycles. The van der Waals surface area contributed by atoms with Gasteiger partial charge in [0.05, 0.1) is 12.2 Å². The van der Waals surface area contributed by atoms with Gasteiger partial charge in [-0.3, -0.25) is 0 Å². The topological polar surface area (TPSA) is 9.23 Å². The van der Waals surface area contributed by atoms with E-state index < -0.39 is 0 Å². The summed E-state index contributed by atoms with van der Waals surface area (Å²) in [6, 6.07) is 10.2. The first-order chi connectivity index (χ1) is 29.7. The Labute approximate surface area is 362 Å². The lowest BCUT2D eigenvalue weighted by atomic mass is 9.48. The van der Waals surface area contributed by atoms with Crippen LogP contribution in [0.2, 0.25) is 0 Å². The summed E-state index contributed by atoms with van der Waals surface area (Å²) in [6.07, 6.45) is 52.8. The molecule has 1 aromatic rings. The van der Waals surface area contributed by atoms with Gasteiger partial charge >= 0.3 is 0 Å². The zero-order valence-electron chi connectivity index (χ0n) is 36.6. The molecule has 0 amide bonds. The lowest BCUT2D eigenvalue weighted by Crippen LogP contribution is -2.60. The molecule has 1 heteroatoms. The van der Waals surface area contributed by atoms with Gasteiger partial charge in [0.15, 0.2) is 0 Å². The van der Waals surface area contributed by atoms with Crippen LogP contribution in [-0.2, 0) is 4.74 Å². The Bertz CT molecular complexity index is 2110. The van der Waals surface area contributed by atoms with Crippen LogP contribution in [0.1, 0.15) is 158 Å². The Morgan fingerprint density at radius 2 is 1.53 bits per heavy atom. The Balaban J connectivity index is 0.932. The molecule has 16 unspecified atom stereocenters. The van der Waals surface area contributed by atoms with E-state index in [9.17, 15) is 0 Å². The van der Waals surface area contributed by atoms with E-state index in [-0.39, 0.29) is 17.4 Å². The Morgan fingerprint density at radius 1 is 0.667 bits per heavy atom. The summed E-state index contributed by atoms with van der Waals surface area (Å²) in [5, 5.41) is 0. The number of ether oxygens (including phenoxy) is 1. The Hall–Kier alpha value is -2.90. The minimum Gasteiger partial charge on any atom is -0.370 e. The second-order valence-corrected chi connectivity index (χ2v) is 22.6. The number of benzene rings is 1. The summed E-state index contributed by atoms with van der Waals surface area (Å²) >= 11 is 0. The van der Waals surface area contributed by atoms with Crippen LogP contribution in [0.15, 0.2) is 119 Å². The third-order valence-electron chi connectivity index (χ3n) is 20.4. The first-order valence-electron chi connectivity index (χ1n) is 25.9. The average molecular weight is 797 g/mol. The molecule has 12 aliphatic rings. The van der Waals surface area contributed by atoms with E-state index in [1.165, 1.54) is 152 Å². The molecule has 1 spiro atoms. The largest absolute Gasteiger partial charge is 0.370 e. The summed E-state index contributed by atoms with van der Waals surface area (Å²) in [5.74, 6) is 8.99. The smallest absolute Gasteiger partial charge is 0.0793 e. The quantitative estimate of drug-likeness (QED) is 0.270. The highest BCUT2D eigenvalue weighted by Gasteiger charge is 2.69. The van der Waals surface area contributed by atoms with Gasteiger partial charge in [0.2, 0.25) is 0 Å². The maximum Gasteiger partial charge on any atom is 0.0793 e. The van der Waals surface area contributed by atoms with Crippen molar-refractivity contribution in [2.24, 2.45) is 70.5 Å². The van der Waals surface area contributed by atoms with Crippen molar-refractivity contribution >= 4 is 0 Å². The van der Waals surface area contributed by atoms with Crippen LogP contribution in [0.4, 0.5) is 0 Å². The highest BCUT2D eigenvalue weighted by molar-refractivity contribution is 5.50. The summed E-state index contributed by atoms with van der Waals surface area (Å²) in [7, 11) is 0. The average Bonchev–Trinajstić information content (AvgIpc) is 4.08. The van der Waals surface area contributed by atoms with Gasteiger partial charge in [-0.05, 0) is 203 Å². The van der Waals surface area contributed by atoms with Crippen LogP contribution in [-0.4, -0.2) is 12.2 Å². The molecule has 314 valence electrons. The molecular formula is C59H72O. The minimum absolute atomic E-state index is 0.239. The highest BCUT2D eigenvalue weighted by Crippen LogP contribution is 2.73. The molecule has 4 fully saturated rings. The van der Waals surface area contributed by atoms with Gasteiger partial charge in [0.25, 0.3) is 0 Å². The third-order valence-corrected chi connectivity index (χ3v) is 20.4. The number of hydrogen-bond acceptors (Lipinski definition) is 1. The van der Waals surface area contributed by atoms with E-state index in [1.807, 2.05) is 22.3 Å². The van der Waals surface area contributed by atoms with Gasteiger partial charge in [-0.15, -0.1) is 0 Å². The first kappa shape index (κ1) is 37.6. The van der Waals surface area contributed by atoms with Crippen molar-refractivity contribution in [3.63, 3.8) is 0 Å². The summed E-state index contributed by atoms with van der Waals surface area (Å²) in [5.41, 5.74) is 14.1. The van der Waals surface area contributed by atoms with Crippen LogP contribution in [0.5, 0.6) is 0 Å². The SMILES string of the molecule is C=C(C1CCC2=C(C1)C1CCCCC1C1CC21)C(C1=CC2C(C=C1)C1C3=C(CCCC3)CCC1C21C2C=CCCC2OC2C=CCCC21)c1ccc(C2C=CCCC2)cc1. The van der Waals surface area contributed by atoms with Gasteiger partial charge in [0, 0.05) is 17.8 Å². The number of hydrogen-bond donors (Lipinski definition) is 0. The normalized spacial score (nSPS) is 45.0. The van der Waals surface area contributed by atoms with Gasteiger partial charge in [0.1, 0.15) is 0 Å². The van der Waals surface area contributed by atoms with Crippen LogP contribution in [0, 0.1) is 70.5 Å². The van der Waals surface area contributed by atoms with Gasteiger partial charge < -0.3 is 4.74 Å². The molecule has 1 aromatic carbocycles.